The van der Waals surface area contributed by atoms with Crippen molar-refractivity contribution in [2.45, 2.75) is 18.6 Å². The van der Waals surface area contributed by atoms with Gasteiger partial charge in [0, 0.05) is 31.8 Å². The first-order valence-electron chi connectivity index (χ1n) is 10.9. The van der Waals surface area contributed by atoms with Gasteiger partial charge in [-0.3, -0.25) is 9.67 Å². The zero-order chi connectivity index (χ0) is 25.6. The van der Waals surface area contributed by atoms with Crippen LogP contribution in [0.25, 0.3) is 11.4 Å². The fourth-order valence-corrected chi connectivity index (χ4v) is 4.17. The number of carboxylic acid groups (broad SMARTS) is 1. The van der Waals surface area contributed by atoms with Crippen molar-refractivity contribution in [1.29, 1.82) is 0 Å². The molecule has 0 saturated carbocycles. The third-order valence-corrected chi connectivity index (χ3v) is 5.94. The van der Waals surface area contributed by atoms with Gasteiger partial charge >= 0.3 is 12.0 Å². The van der Waals surface area contributed by atoms with Gasteiger partial charge in [0.05, 0.1) is 37.2 Å². The number of ether oxygens (including phenoxy) is 1. The van der Waals surface area contributed by atoms with Crippen LogP contribution in [0.5, 0.6) is 5.75 Å². The summed E-state index contributed by atoms with van der Waals surface area (Å²) in [5, 5.41) is 18.5. The van der Waals surface area contributed by atoms with Gasteiger partial charge in [-0.1, -0.05) is 0 Å². The van der Waals surface area contributed by atoms with E-state index in [0.29, 0.717) is 6.42 Å². The van der Waals surface area contributed by atoms with E-state index in [9.17, 15) is 27.9 Å². The van der Waals surface area contributed by atoms with Gasteiger partial charge in [-0.05, 0) is 17.7 Å². The Bertz CT molecular complexity index is 1370. The molecule has 1 aromatic carbocycles. The van der Waals surface area contributed by atoms with Crippen LogP contribution in [-0.2, 0) is 7.05 Å². The normalized spacial score (nSPS) is 17.4. The fourth-order valence-electron chi connectivity index (χ4n) is 4.17. The predicted octanol–water partition coefficient (Wildman–Crippen LogP) is 3.21. The smallest absolute Gasteiger partial charge is 0.341 e. The Hall–Kier alpha value is -4.42. The molecule has 0 radical (unpaired) electrons. The van der Waals surface area contributed by atoms with Crippen molar-refractivity contribution in [3.05, 3.63) is 65.2 Å². The maximum Gasteiger partial charge on any atom is 0.341 e. The Kier molecular flexibility index (Phi) is 5.82. The molecule has 36 heavy (non-hydrogen) atoms. The summed E-state index contributed by atoms with van der Waals surface area (Å²) >= 11 is 0. The molecule has 1 fully saturated rings. The number of aromatic nitrogens is 3. The molecule has 10 nitrogen and oxygen atoms in total. The number of amides is 2. The average Bonchev–Trinajstić information content (AvgIpc) is 3.43. The number of aryl methyl sites for hydroxylation is 1. The number of benzene rings is 1. The molecule has 1 atom stereocenters. The van der Waals surface area contributed by atoms with E-state index in [0.717, 1.165) is 29.4 Å². The first-order chi connectivity index (χ1) is 17.2. The fraction of sp³-hybridized carbons (Fsp3) is 0.261. The molecular formula is C23H19F3N6O4. The van der Waals surface area contributed by atoms with Crippen molar-refractivity contribution in [1.82, 2.24) is 24.7 Å². The number of carbonyl (C=O) groups excluding carboxylic acids is 1. The van der Waals surface area contributed by atoms with Crippen LogP contribution in [0.2, 0.25) is 0 Å². The molecule has 3 aromatic rings. The molecule has 2 aromatic heterocycles. The molecule has 0 aliphatic carbocycles. The summed E-state index contributed by atoms with van der Waals surface area (Å²) in [6.45, 7) is 0.247. The van der Waals surface area contributed by atoms with E-state index in [1.807, 2.05) is 0 Å². The van der Waals surface area contributed by atoms with Crippen LogP contribution >= 0.6 is 0 Å². The molecule has 2 aliphatic heterocycles. The predicted molar refractivity (Wildman–Crippen MR) is 119 cm³/mol. The van der Waals surface area contributed by atoms with Gasteiger partial charge < -0.3 is 14.7 Å². The SMILES string of the molecule is Cn1ncc(C(=O)O)c1-c1cc(OC2CN(C(=O)N3N=CC[C@H]3c3cc(F)cc(F)c3)C2)c(F)cn1. The number of hydrogen-bond acceptors (Lipinski definition) is 6. The van der Waals surface area contributed by atoms with Gasteiger partial charge in [0.2, 0.25) is 0 Å². The van der Waals surface area contributed by atoms with Crippen molar-refractivity contribution >= 4 is 18.2 Å². The van der Waals surface area contributed by atoms with E-state index >= 15 is 0 Å². The number of carboxylic acids is 1. The van der Waals surface area contributed by atoms with Crippen molar-refractivity contribution in [2.75, 3.05) is 13.1 Å². The number of urea groups is 1. The Morgan fingerprint density at radius 3 is 2.50 bits per heavy atom. The van der Waals surface area contributed by atoms with Crippen LogP contribution in [0.15, 0.2) is 41.8 Å². The van der Waals surface area contributed by atoms with Gasteiger partial charge in [-0.2, -0.15) is 10.2 Å². The Balaban J connectivity index is 1.26. The molecular weight excluding hydrogens is 481 g/mol. The standard InChI is InChI=1S/C23H19F3N6O4/c1-30-21(16(8-29-30)22(33)34)18-7-20(17(26)9-27-18)36-15-10-31(11-15)23(35)32-19(2-3-28-32)12-4-13(24)6-14(25)5-12/h3-9,15,19H,2,10-11H2,1H3,(H,33,34)/t19-/m0/s1. The highest BCUT2D eigenvalue weighted by molar-refractivity contribution is 5.94. The lowest BCUT2D eigenvalue weighted by molar-refractivity contribution is 0.0256. The molecule has 0 spiro atoms. The number of pyridine rings is 1. The molecule has 1 N–H and O–H groups in total. The average molecular weight is 500 g/mol. The van der Waals surface area contributed by atoms with E-state index in [4.69, 9.17) is 4.74 Å². The summed E-state index contributed by atoms with van der Waals surface area (Å²) in [5.74, 6) is -3.60. The second-order valence-corrected chi connectivity index (χ2v) is 8.36. The van der Waals surface area contributed by atoms with Crippen LogP contribution in [0.1, 0.15) is 28.4 Å². The number of rotatable bonds is 5. The highest BCUT2D eigenvalue weighted by Gasteiger charge is 2.39. The van der Waals surface area contributed by atoms with Gasteiger partial charge in [0.25, 0.3) is 0 Å². The molecule has 13 heteroatoms. The number of nitrogens with zero attached hydrogens (tertiary/aromatic N) is 6. The van der Waals surface area contributed by atoms with E-state index in [2.05, 4.69) is 15.2 Å². The van der Waals surface area contributed by atoms with Crippen molar-refractivity contribution in [3.63, 3.8) is 0 Å². The lowest BCUT2D eigenvalue weighted by atomic mass is 10.0. The first kappa shape index (κ1) is 23.3. The van der Waals surface area contributed by atoms with E-state index in [1.54, 1.807) is 0 Å². The largest absolute Gasteiger partial charge is 0.483 e. The minimum absolute atomic E-state index is 0.0955. The minimum Gasteiger partial charge on any atom is -0.483 e. The highest BCUT2D eigenvalue weighted by Crippen LogP contribution is 2.32. The Morgan fingerprint density at radius 1 is 1.08 bits per heavy atom. The van der Waals surface area contributed by atoms with Crippen LogP contribution in [-0.4, -0.2) is 67.2 Å². The summed E-state index contributed by atoms with van der Waals surface area (Å²) in [6, 6.07) is 3.23. The van der Waals surface area contributed by atoms with Crippen molar-refractivity contribution < 1.29 is 32.6 Å². The van der Waals surface area contributed by atoms with Crippen LogP contribution < -0.4 is 4.74 Å². The zero-order valence-electron chi connectivity index (χ0n) is 18.8. The molecule has 0 unspecified atom stereocenters. The number of halogens is 3. The molecule has 5 rings (SSSR count). The van der Waals surface area contributed by atoms with E-state index < -0.39 is 41.6 Å². The lowest BCUT2D eigenvalue weighted by Gasteiger charge is -2.41. The van der Waals surface area contributed by atoms with Gasteiger partial charge in [0.1, 0.15) is 29.0 Å². The quantitative estimate of drug-likeness (QED) is 0.576. The van der Waals surface area contributed by atoms with E-state index in [-0.39, 0.29) is 41.4 Å². The van der Waals surface area contributed by atoms with Crippen LogP contribution in [0, 0.1) is 17.5 Å². The second kappa shape index (κ2) is 8.98. The molecule has 2 aliphatic rings. The summed E-state index contributed by atoms with van der Waals surface area (Å²) in [5.41, 5.74) is 0.535. The molecule has 1 saturated heterocycles. The maximum absolute atomic E-state index is 14.4. The Morgan fingerprint density at radius 2 is 1.81 bits per heavy atom. The summed E-state index contributed by atoms with van der Waals surface area (Å²) in [6.07, 6.45) is 3.36. The molecule has 4 heterocycles. The Labute approximate surface area is 202 Å². The van der Waals surface area contributed by atoms with Crippen LogP contribution in [0.3, 0.4) is 0 Å². The molecule has 186 valence electrons. The van der Waals surface area contributed by atoms with E-state index in [1.165, 1.54) is 35.1 Å². The molecule has 0 bridgehead atoms. The third-order valence-electron chi connectivity index (χ3n) is 5.94. The topological polar surface area (TPSA) is 113 Å². The van der Waals surface area contributed by atoms with Crippen molar-refractivity contribution in [2.24, 2.45) is 12.1 Å². The van der Waals surface area contributed by atoms with Gasteiger partial charge in [-0.25, -0.2) is 27.8 Å². The highest BCUT2D eigenvalue weighted by atomic mass is 19.1. The monoisotopic (exact) mass is 500 g/mol. The minimum atomic E-state index is -1.20. The summed E-state index contributed by atoms with van der Waals surface area (Å²) < 4.78 is 48.7. The van der Waals surface area contributed by atoms with Gasteiger partial charge in [-0.15, -0.1) is 0 Å². The van der Waals surface area contributed by atoms with Gasteiger partial charge in [0.15, 0.2) is 11.6 Å². The number of aromatic carboxylic acids is 1. The number of likely N-dealkylation sites (tertiary alicyclic amines) is 1. The summed E-state index contributed by atoms with van der Waals surface area (Å²) in [7, 11) is 1.54. The number of carbonyl (C=O) groups is 2. The number of hydrazone groups is 1. The third kappa shape index (κ3) is 4.23. The first-order valence-corrected chi connectivity index (χ1v) is 10.9. The summed E-state index contributed by atoms with van der Waals surface area (Å²) in [4.78, 5) is 29.8. The van der Waals surface area contributed by atoms with Crippen LogP contribution in [0.4, 0.5) is 18.0 Å². The molecule has 2 amide bonds. The lowest BCUT2D eigenvalue weighted by Crippen LogP contribution is -2.58. The van der Waals surface area contributed by atoms with Crippen molar-refractivity contribution in [3.8, 4) is 17.1 Å². The second-order valence-electron chi connectivity index (χ2n) is 8.36. The maximum atomic E-state index is 14.4. The number of hydrogen-bond donors (Lipinski definition) is 1. The zero-order valence-corrected chi connectivity index (χ0v) is 18.8.